The molecule has 0 unspecified atom stereocenters. The van der Waals surface area contributed by atoms with Crippen LogP contribution in [0, 0.1) is 5.92 Å². The Morgan fingerprint density at radius 1 is 1.15 bits per heavy atom. The molecule has 0 aliphatic carbocycles. The SMILES string of the molecule is COc1cc(N(C)C(=O)C2CNC2)cc(OC)c1OC. The second-order valence-corrected chi connectivity index (χ2v) is 4.64. The number of rotatable bonds is 5. The van der Waals surface area contributed by atoms with E-state index in [1.54, 1.807) is 45.4 Å². The number of nitrogens with zero attached hydrogens (tertiary/aromatic N) is 1. The maximum absolute atomic E-state index is 12.3. The molecule has 2 rings (SSSR count). The molecule has 1 fully saturated rings. The second kappa shape index (κ2) is 6.00. The summed E-state index contributed by atoms with van der Waals surface area (Å²) in [5, 5.41) is 3.09. The average Bonchev–Trinajstić information content (AvgIpc) is 2.42. The molecule has 1 aromatic carbocycles. The number of nitrogens with one attached hydrogen (secondary N) is 1. The van der Waals surface area contributed by atoms with Gasteiger partial charge in [0, 0.05) is 32.3 Å². The molecule has 6 heteroatoms. The maximum atomic E-state index is 12.3. The highest BCUT2D eigenvalue weighted by Gasteiger charge is 2.29. The molecule has 0 bridgehead atoms. The van der Waals surface area contributed by atoms with Gasteiger partial charge in [-0.25, -0.2) is 0 Å². The van der Waals surface area contributed by atoms with Crippen LogP contribution in [-0.4, -0.2) is 47.4 Å². The molecule has 1 heterocycles. The van der Waals surface area contributed by atoms with Crippen LogP contribution in [0.3, 0.4) is 0 Å². The fourth-order valence-electron chi connectivity index (χ4n) is 2.13. The Balaban J connectivity index is 2.33. The molecule has 1 aliphatic heterocycles. The molecule has 1 aliphatic rings. The largest absolute Gasteiger partial charge is 0.493 e. The van der Waals surface area contributed by atoms with Gasteiger partial charge in [-0.3, -0.25) is 4.79 Å². The Morgan fingerprint density at radius 2 is 1.70 bits per heavy atom. The maximum Gasteiger partial charge on any atom is 0.232 e. The lowest BCUT2D eigenvalue weighted by atomic mass is 10.0. The zero-order valence-electron chi connectivity index (χ0n) is 12.2. The Labute approximate surface area is 118 Å². The van der Waals surface area contributed by atoms with Crippen LogP contribution in [0.25, 0.3) is 0 Å². The van der Waals surface area contributed by atoms with Crippen LogP contribution < -0.4 is 24.4 Å². The van der Waals surface area contributed by atoms with Gasteiger partial charge < -0.3 is 24.4 Å². The highest BCUT2D eigenvalue weighted by atomic mass is 16.5. The monoisotopic (exact) mass is 280 g/mol. The first-order valence-electron chi connectivity index (χ1n) is 6.40. The third kappa shape index (κ3) is 2.51. The van der Waals surface area contributed by atoms with Crippen molar-refractivity contribution in [3.8, 4) is 17.2 Å². The number of anilines is 1. The van der Waals surface area contributed by atoms with E-state index in [1.807, 2.05) is 0 Å². The highest BCUT2D eigenvalue weighted by Crippen LogP contribution is 2.41. The molecule has 0 radical (unpaired) electrons. The molecule has 0 saturated carbocycles. The highest BCUT2D eigenvalue weighted by molar-refractivity contribution is 5.96. The van der Waals surface area contributed by atoms with Gasteiger partial charge in [0.05, 0.1) is 32.9 Å². The van der Waals surface area contributed by atoms with Crippen LogP contribution in [0.2, 0.25) is 0 Å². The van der Waals surface area contributed by atoms with Gasteiger partial charge in [-0.1, -0.05) is 0 Å². The molecule has 1 saturated heterocycles. The number of carbonyl (C=O) groups is 1. The molecule has 1 N–H and O–H groups in total. The molecule has 110 valence electrons. The minimum absolute atomic E-state index is 0.0408. The van der Waals surface area contributed by atoms with Crippen molar-refractivity contribution >= 4 is 11.6 Å². The van der Waals surface area contributed by atoms with Gasteiger partial charge in [-0.15, -0.1) is 0 Å². The molecule has 0 spiro atoms. The van der Waals surface area contributed by atoms with Crippen molar-refractivity contribution in [2.45, 2.75) is 0 Å². The Hall–Kier alpha value is -1.95. The first kappa shape index (κ1) is 14.5. The van der Waals surface area contributed by atoms with E-state index in [0.29, 0.717) is 17.2 Å². The van der Waals surface area contributed by atoms with E-state index in [1.165, 1.54) is 0 Å². The Kier molecular flexibility index (Phi) is 4.34. The normalized spacial score (nSPS) is 14.4. The lowest BCUT2D eigenvalue weighted by Gasteiger charge is -2.30. The number of hydrogen-bond acceptors (Lipinski definition) is 5. The van der Waals surface area contributed by atoms with Crippen molar-refractivity contribution in [1.82, 2.24) is 5.32 Å². The fourth-order valence-corrected chi connectivity index (χ4v) is 2.13. The summed E-state index contributed by atoms with van der Waals surface area (Å²) in [5.41, 5.74) is 0.719. The predicted octanol–water partition coefficient (Wildman–Crippen LogP) is 0.895. The molecule has 0 aromatic heterocycles. The average molecular weight is 280 g/mol. The number of carbonyl (C=O) groups excluding carboxylic acids is 1. The van der Waals surface area contributed by atoms with E-state index in [4.69, 9.17) is 14.2 Å². The first-order valence-corrected chi connectivity index (χ1v) is 6.40. The van der Waals surface area contributed by atoms with E-state index in [-0.39, 0.29) is 11.8 Å². The smallest absolute Gasteiger partial charge is 0.232 e. The fraction of sp³-hybridized carbons (Fsp3) is 0.500. The zero-order chi connectivity index (χ0) is 14.7. The van der Waals surface area contributed by atoms with Crippen molar-refractivity contribution in [3.05, 3.63) is 12.1 Å². The van der Waals surface area contributed by atoms with E-state index < -0.39 is 0 Å². The zero-order valence-corrected chi connectivity index (χ0v) is 12.2. The summed E-state index contributed by atoms with van der Waals surface area (Å²) >= 11 is 0. The van der Waals surface area contributed by atoms with Crippen molar-refractivity contribution in [1.29, 1.82) is 0 Å². The lowest BCUT2D eigenvalue weighted by molar-refractivity contribution is -0.123. The third-order valence-corrected chi connectivity index (χ3v) is 3.50. The molecule has 1 amide bonds. The number of amides is 1. The quantitative estimate of drug-likeness (QED) is 0.868. The van der Waals surface area contributed by atoms with Gasteiger partial charge in [-0.2, -0.15) is 0 Å². The predicted molar refractivity (Wildman–Crippen MR) is 75.9 cm³/mol. The Bertz CT molecular complexity index is 475. The van der Waals surface area contributed by atoms with Crippen LogP contribution in [0.5, 0.6) is 17.2 Å². The van der Waals surface area contributed by atoms with Crippen LogP contribution >= 0.6 is 0 Å². The van der Waals surface area contributed by atoms with Gasteiger partial charge >= 0.3 is 0 Å². The summed E-state index contributed by atoms with van der Waals surface area (Å²) in [5.74, 6) is 1.71. The van der Waals surface area contributed by atoms with Gasteiger partial charge in [0.2, 0.25) is 11.7 Å². The van der Waals surface area contributed by atoms with E-state index in [0.717, 1.165) is 18.8 Å². The minimum Gasteiger partial charge on any atom is -0.493 e. The first-order chi connectivity index (χ1) is 9.62. The lowest BCUT2D eigenvalue weighted by Crippen LogP contribution is -2.51. The molecular formula is C14H20N2O4. The van der Waals surface area contributed by atoms with Crippen molar-refractivity contribution in [2.75, 3.05) is 46.4 Å². The summed E-state index contributed by atoms with van der Waals surface area (Å²) in [6.07, 6.45) is 0. The summed E-state index contributed by atoms with van der Waals surface area (Å²) in [7, 11) is 6.41. The van der Waals surface area contributed by atoms with Gasteiger partial charge in [-0.05, 0) is 0 Å². The van der Waals surface area contributed by atoms with E-state index in [2.05, 4.69) is 5.32 Å². The summed E-state index contributed by atoms with van der Waals surface area (Å²) in [6, 6.07) is 3.54. The van der Waals surface area contributed by atoms with Crippen molar-refractivity contribution in [2.24, 2.45) is 5.92 Å². The van der Waals surface area contributed by atoms with Gasteiger partial charge in [0.1, 0.15) is 0 Å². The summed E-state index contributed by atoms with van der Waals surface area (Å²) < 4.78 is 15.9. The van der Waals surface area contributed by atoms with E-state index in [9.17, 15) is 4.79 Å². The number of hydrogen-bond donors (Lipinski definition) is 1. The number of ether oxygens (including phenoxy) is 3. The van der Waals surface area contributed by atoms with Crippen LogP contribution in [-0.2, 0) is 4.79 Å². The van der Waals surface area contributed by atoms with Gasteiger partial charge in [0.25, 0.3) is 0 Å². The standard InChI is InChI=1S/C14H20N2O4/c1-16(14(17)9-7-15-8-9)10-5-11(18-2)13(20-4)12(6-10)19-3/h5-6,9,15H,7-8H2,1-4H3. The summed E-state index contributed by atoms with van der Waals surface area (Å²) in [4.78, 5) is 13.9. The van der Waals surface area contributed by atoms with Crippen LogP contribution in [0.1, 0.15) is 0 Å². The van der Waals surface area contributed by atoms with Gasteiger partial charge in [0.15, 0.2) is 11.5 Å². The summed E-state index contributed by atoms with van der Waals surface area (Å²) in [6.45, 7) is 1.46. The number of methoxy groups -OCH3 is 3. The van der Waals surface area contributed by atoms with Crippen LogP contribution in [0.4, 0.5) is 5.69 Å². The molecular weight excluding hydrogens is 260 g/mol. The number of benzene rings is 1. The molecule has 20 heavy (non-hydrogen) atoms. The molecule has 0 atom stereocenters. The molecule has 6 nitrogen and oxygen atoms in total. The third-order valence-electron chi connectivity index (χ3n) is 3.50. The minimum atomic E-state index is 0.0408. The molecule has 1 aromatic rings. The second-order valence-electron chi connectivity index (χ2n) is 4.64. The van der Waals surface area contributed by atoms with Crippen molar-refractivity contribution in [3.63, 3.8) is 0 Å². The topological polar surface area (TPSA) is 60.0 Å². The Morgan fingerprint density at radius 3 is 2.05 bits per heavy atom. The van der Waals surface area contributed by atoms with E-state index >= 15 is 0 Å². The van der Waals surface area contributed by atoms with Crippen LogP contribution in [0.15, 0.2) is 12.1 Å². The van der Waals surface area contributed by atoms with Crippen molar-refractivity contribution < 1.29 is 19.0 Å².